The zero-order valence-corrected chi connectivity index (χ0v) is 17.3. The number of carboxylic acids is 1. The van der Waals surface area contributed by atoms with Crippen molar-refractivity contribution in [1.29, 1.82) is 0 Å². The number of rotatable bonds is 8. The smallest absolute Gasteiger partial charge is 0.352 e. The maximum absolute atomic E-state index is 12.3. The Morgan fingerprint density at radius 3 is 2.42 bits per heavy atom. The van der Waals surface area contributed by atoms with Crippen molar-refractivity contribution in [2.75, 3.05) is 7.11 Å². The average Bonchev–Trinajstić information content (AvgIpc) is 2.78. The molecule has 0 unspecified atom stereocenters. The van der Waals surface area contributed by atoms with Gasteiger partial charge in [-0.05, 0) is 48.4 Å². The van der Waals surface area contributed by atoms with Crippen molar-refractivity contribution in [2.24, 2.45) is 0 Å². The maximum atomic E-state index is 12.3. The van der Waals surface area contributed by atoms with E-state index < -0.39 is 11.9 Å². The Morgan fingerprint density at radius 1 is 0.968 bits per heavy atom. The molecule has 0 aliphatic rings. The number of methoxy groups -OCH3 is 1. The monoisotopic (exact) mass is 417 g/mol. The van der Waals surface area contributed by atoms with Crippen LogP contribution in [0.3, 0.4) is 0 Å². The first-order valence-electron chi connectivity index (χ1n) is 9.64. The van der Waals surface area contributed by atoms with E-state index in [1.807, 2.05) is 31.2 Å². The van der Waals surface area contributed by atoms with Gasteiger partial charge in [-0.3, -0.25) is 4.79 Å². The molecule has 3 aromatic carbocycles. The molecule has 1 amide bonds. The van der Waals surface area contributed by atoms with E-state index in [0.717, 1.165) is 11.1 Å². The maximum Gasteiger partial charge on any atom is 0.352 e. The standard InChI is InChI=1S/C25H23NO5/c1-17-7-6-8-19(13-17)16-31-22-12-11-18(15-23(22)30-2)14-21(25(28)29)26-24(27)20-9-4-3-5-10-20/h3-15H,16H2,1-2H3,(H,26,27)(H,28,29). The highest BCUT2D eigenvalue weighted by Crippen LogP contribution is 2.29. The van der Waals surface area contributed by atoms with Gasteiger partial charge in [-0.25, -0.2) is 4.79 Å². The van der Waals surface area contributed by atoms with Crippen molar-refractivity contribution < 1.29 is 24.2 Å². The molecule has 6 nitrogen and oxygen atoms in total. The Labute approximate surface area is 180 Å². The van der Waals surface area contributed by atoms with Crippen LogP contribution in [-0.2, 0) is 11.4 Å². The van der Waals surface area contributed by atoms with E-state index in [4.69, 9.17) is 9.47 Å². The molecule has 3 aromatic rings. The SMILES string of the molecule is COc1cc(C=C(NC(=O)c2ccccc2)C(=O)O)ccc1OCc1cccc(C)c1. The van der Waals surface area contributed by atoms with Crippen LogP contribution in [0.4, 0.5) is 0 Å². The molecular formula is C25H23NO5. The van der Waals surface area contributed by atoms with Crippen LogP contribution < -0.4 is 14.8 Å². The highest BCUT2D eigenvalue weighted by Gasteiger charge is 2.14. The number of benzene rings is 3. The van der Waals surface area contributed by atoms with Gasteiger partial charge in [0.25, 0.3) is 5.91 Å². The summed E-state index contributed by atoms with van der Waals surface area (Å²) in [5.74, 6) is -0.755. The first kappa shape index (κ1) is 21.6. The summed E-state index contributed by atoms with van der Waals surface area (Å²) in [6.45, 7) is 2.39. The molecule has 3 rings (SSSR count). The van der Waals surface area contributed by atoms with Crippen LogP contribution in [0, 0.1) is 6.92 Å². The molecule has 0 saturated carbocycles. The molecule has 0 radical (unpaired) electrons. The first-order chi connectivity index (χ1) is 15.0. The second-order valence-corrected chi connectivity index (χ2v) is 6.87. The van der Waals surface area contributed by atoms with E-state index in [-0.39, 0.29) is 5.70 Å². The molecule has 0 saturated heterocycles. The van der Waals surface area contributed by atoms with Gasteiger partial charge in [0.15, 0.2) is 11.5 Å². The second kappa shape index (κ2) is 10.1. The molecule has 0 aliphatic heterocycles. The summed E-state index contributed by atoms with van der Waals surface area (Å²) >= 11 is 0. The molecule has 158 valence electrons. The van der Waals surface area contributed by atoms with Crippen LogP contribution in [0.25, 0.3) is 6.08 Å². The Morgan fingerprint density at radius 2 is 1.74 bits per heavy atom. The van der Waals surface area contributed by atoms with Crippen LogP contribution in [0.15, 0.2) is 78.5 Å². The summed E-state index contributed by atoms with van der Waals surface area (Å²) < 4.78 is 11.3. The van der Waals surface area contributed by atoms with E-state index in [9.17, 15) is 14.7 Å². The van der Waals surface area contributed by atoms with Gasteiger partial charge in [-0.1, -0.05) is 54.1 Å². The molecule has 0 aromatic heterocycles. The van der Waals surface area contributed by atoms with Crippen molar-refractivity contribution in [3.8, 4) is 11.5 Å². The number of hydrogen-bond donors (Lipinski definition) is 2. The molecule has 0 atom stereocenters. The Hall–Kier alpha value is -4.06. The lowest BCUT2D eigenvalue weighted by atomic mass is 10.1. The van der Waals surface area contributed by atoms with E-state index >= 15 is 0 Å². The van der Waals surface area contributed by atoms with Crippen LogP contribution in [0.1, 0.15) is 27.0 Å². The molecule has 6 heteroatoms. The molecule has 0 heterocycles. The number of nitrogens with one attached hydrogen (secondary N) is 1. The summed E-state index contributed by atoms with van der Waals surface area (Å²) in [6.07, 6.45) is 1.37. The van der Waals surface area contributed by atoms with E-state index in [2.05, 4.69) is 5.32 Å². The minimum atomic E-state index is -1.25. The zero-order valence-electron chi connectivity index (χ0n) is 17.3. The van der Waals surface area contributed by atoms with Gasteiger partial charge in [-0.2, -0.15) is 0 Å². The fourth-order valence-electron chi connectivity index (χ4n) is 2.96. The summed E-state index contributed by atoms with van der Waals surface area (Å²) in [5, 5.41) is 11.9. The number of ether oxygens (including phenoxy) is 2. The van der Waals surface area contributed by atoms with Crippen LogP contribution in [0.5, 0.6) is 11.5 Å². The third-order valence-electron chi connectivity index (χ3n) is 4.49. The third kappa shape index (κ3) is 5.96. The predicted molar refractivity (Wildman–Crippen MR) is 118 cm³/mol. The fraction of sp³-hybridized carbons (Fsp3) is 0.120. The van der Waals surface area contributed by atoms with Gasteiger partial charge >= 0.3 is 5.97 Å². The summed E-state index contributed by atoms with van der Waals surface area (Å²) in [4.78, 5) is 24.0. The molecule has 0 spiro atoms. The molecule has 31 heavy (non-hydrogen) atoms. The summed E-state index contributed by atoms with van der Waals surface area (Å²) in [5.41, 5.74) is 2.84. The molecule has 0 aliphatic carbocycles. The van der Waals surface area contributed by atoms with Crippen molar-refractivity contribution in [3.63, 3.8) is 0 Å². The van der Waals surface area contributed by atoms with E-state index in [0.29, 0.717) is 29.2 Å². The first-order valence-corrected chi connectivity index (χ1v) is 9.64. The topological polar surface area (TPSA) is 84.9 Å². The van der Waals surface area contributed by atoms with Crippen LogP contribution in [-0.4, -0.2) is 24.1 Å². The Kier molecular flexibility index (Phi) is 7.06. The Balaban J connectivity index is 1.78. The lowest BCUT2D eigenvalue weighted by Crippen LogP contribution is -2.27. The number of amides is 1. The number of carbonyl (C=O) groups is 2. The van der Waals surface area contributed by atoms with Crippen molar-refractivity contribution in [3.05, 3.63) is 101 Å². The van der Waals surface area contributed by atoms with E-state index in [1.54, 1.807) is 48.5 Å². The van der Waals surface area contributed by atoms with Crippen molar-refractivity contribution in [1.82, 2.24) is 5.32 Å². The summed E-state index contributed by atoms with van der Waals surface area (Å²) in [7, 11) is 1.51. The van der Waals surface area contributed by atoms with Gasteiger partial charge in [-0.15, -0.1) is 0 Å². The Bertz CT molecular complexity index is 1110. The van der Waals surface area contributed by atoms with Crippen molar-refractivity contribution in [2.45, 2.75) is 13.5 Å². The highest BCUT2D eigenvalue weighted by atomic mass is 16.5. The molecule has 2 N–H and O–H groups in total. The van der Waals surface area contributed by atoms with Gasteiger partial charge in [0.05, 0.1) is 7.11 Å². The number of aliphatic carboxylic acids is 1. The quantitative estimate of drug-likeness (QED) is 0.530. The molecule has 0 bridgehead atoms. The summed E-state index contributed by atoms with van der Waals surface area (Å²) in [6, 6.07) is 21.5. The van der Waals surface area contributed by atoms with Crippen LogP contribution in [0.2, 0.25) is 0 Å². The lowest BCUT2D eigenvalue weighted by Gasteiger charge is -2.12. The van der Waals surface area contributed by atoms with Gasteiger partial charge in [0.2, 0.25) is 0 Å². The molecular weight excluding hydrogens is 394 g/mol. The minimum absolute atomic E-state index is 0.246. The number of hydrogen-bond acceptors (Lipinski definition) is 4. The van der Waals surface area contributed by atoms with Gasteiger partial charge < -0.3 is 19.9 Å². The van der Waals surface area contributed by atoms with E-state index in [1.165, 1.54) is 13.2 Å². The number of aryl methyl sites for hydroxylation is 1. The number of carbonyl (C=O) groups excluding carboxylic acids is 1. The third-order valence-corrected chi connectivity index (χ3v) is 4.49. The minimum Gasteiger partial charge on any atom is -0.493 e. The van der Waals surface area contributed by atoms with Crippen molar-refractivity contribution >= 4 is 18.0 Å². The van der Waals surface area contributed by atoms with Gasteiger partial charge in [0, 0.05) is 5.56 Å². The zero-order chi connectivity index (χ0) is 22.2. The predicted octanol–water partition coefficient (Wildman–Crippen LogP) is 4.44. The van der Waals surface area contributed by atoms with Gasteiger partial charge in [0.1, 0.15) is 12.3 Å². The number of carboxylic acid groups (broad SMARTS) is 1. The fourth-order valence-corrected chi connectivity index (χ4v) is 2.96. The average molecular weight is 417 g/mol. The van der Waals surface area contributed by atoms with Crippen LogP contribution >= 0.6 is 0 Å². The second-order valence-electron chi connectivity index (χ2n) is 6.87. The highest BCUT2D eigenvalue weighted by molar-refractivity contribution is 6.02. The normalized spacial score (nSPS) is 11.0. The molecule has 0 fully saturated rings. The lowest BCUT2D eigenvalue weighted by molar-refractivity contribution is -0.132. The largest absolute Gasteiger partial charge is 0.493 e.